The normalized spacial score (nSPS) is 23.4. The average Bonchev–Trinajstić information content (AvgIpc) is 2.72. The van der Waals surface area contributed by atoms with E-state index < -0.39 is 0 Å². The Balaban J connectivity index is 2.28. The molecule has 1 aromatic rings. The number of aliphatic hydroxyl groups excluding tert-OH is 1. The molecule has 2 atom stereocenters. The van der Waals surface area contributed by atoms with Crippen molar-refractivity contribution >= 4 is 11.6 Å². The first-order valence-corrected chi connectivity index (χ1v) is 6.32. The number of benzene rings is 1. The molecule has 1 aliphatic rings. The number of carbonyl (C=O) groups excluding carboxylic acids is 1. The molecule has 0 aliphatic carbocycles. The van der Waals surface area contributed by atoms with Gasteiger partial charge >= 0.3 is 0 Å². The Hall–Kier alpha value is -1.55. The van der Waals surface area contributed by atoms with Gasteiger partial charge in [-0.3, -0.25) is 4.79 Å². The topological polar surface area (TPSA) is 66.6 Å². The predicted octanol–water partition coefficient (Wildman–Crippen LogP) is 1.42. The van der Waals surface area contributed by atoms with Gasteiger partial charge in [-0.15, -0.1) is 0 Å². The molecule has 1 heterocycles. The molecule has 0 bridgehead atoms. The highest BCUT2D eigenvalue weighted by atomic mass is 16.3. The molecule has 0 radical (unpaired) electrons. The quantitative estimate of drug-likeness (QED) is 0.778. The fourth-order valence-corrected chi connectivity index (χ4v) is 2.56. The van der Waals surface area contributed by atoms with Crippen LogP contribution in [0.4, 0.5) is 5.69 Å². The smallest absolute Gasteiger partial charge is 0.254 e. The molecule has 1 aliphatic heterocycles. The van der Waals surface area contributed by atoms with Gasteiger partial charge in [0.15, 0.2) is 0 Å². The lowest BCUT2D eigenvalue weighted by molar-refractivity contribution is 0.0647. The number of likely N-dealkylation sites (tertiary alicyclic amines) is 1. The number of aryl methyl sites for hydroxylation is 1. The maximum Gasteiger partial charge on any atom is 0.254 e. The number of hydrogen-bond donors (Lipinski definition) is 2. The first-order chi connectivity index (χ1) is 8.54. The van der Waals surface area contributed by atoms with Crippen LogP contribution in [0.15, 0.2) is 18.2 Å². The molecule has 2 rings (SSSR count). The second kappa shape index (κ2) is 4.98. The van der Waals surface area contributed by atoms with Gasteiger partial charge in [0.25, 0.3) is 5.91 Å². The van der Waals surface area contributed by atoms with E-state index in [4.69, 9.17) is 5.73 Å². The van der Waals surface area contributed by atoms with Gasteiger partial charge in [0.1, 0.15) is 0 Å². The minimum atomic E-state index is -0.0710. The van der Waals surface area contributed by atoms with Crippen LogP contribution in [0.1, 0.15) is 29.3 Å². The van der Waals surface area contributed by atoms with Crippen molar-refractivity contribution in [1.29, 1.82) is 0 Å². The zero-order valence-corrected chi connectivity index (χ0v) is 10.9. The number of nitrogens with two attached hydrogens (primary N) is 1. The number of hydrogen-bond acceptors (Lipinski definition) is 3. The van der Waals surface area contributed by atoms with Crippen molar-refractivity contribution in [1.82, 2.24) is 4.90 Å². The van der Waals surface area contributed by atoms with E-state index in [1.54, 1.807) is 17.0 Å². The molecular weight excluding hydrogens is 228 g/mol. The van der Waals surface area contributed by atoms with Crippen molar-refractivity contribution in [3.05, 3.63) is 29.3 Å². The van der Waals surface area contributed by atoms with Crippen LogP contribution < -0.4 is 5.73 Å². The van der Waals surface area contributed by atoms with E-state index in [0.717, 1.165) is 12.0 Å². The molecule has 0 aromatic heterocycles. The minimum absolute atomic E-state index is 0.0221. The molecule has 1 aromatic carbocycles. The first-order valence-electron chi connectivity index (χ1n) is 6.32. The number of amides is 1. The lowest BCUT2D eigenvalue weighted by Crippen LogP contribution is -2.40. The first kappa shape index (κ1) is 12.9. The van der Waals surface area contributed by atoms with E-state index in [-0.39, 0.29) is 18.6 Å². The van der Waals surface area contributed by atoms with Crippen LogP contribution in [-0.2, 0) is 0 Å². The summed E-state index contributed by atoms with van der Waals surface area (Å²) in [4.78, 5) is 14.3. The summed E-state index contributed by atoms with van der Waals surface area (Å²) in [5.41, 5.74) is 7.90. The summed E-state index contributed by atoms with van der Waals surface area (Å²) >= 11 is 0. The van der Waals surface area contributed by atoms with E-state index in [0.29, 0.717) is 23.7 Å². The Morgan fingerprint density at radius 2 is 2.28 bits per heavy atom. The molecule has 4 heteroatoms. The molecule has 1 saturated heterocycles. The molecule has 0 spiro atoms. The monoisotopic (exact) mass is 248 g/mol. The SMILES string of the molecule is Cc1ccc(N)cc1C(=O)N1CCC(C)C1CO. The lowest BCUT2D eigenvalue weighted by Gasteiger charge is -2.26. The number of rotatable bonds is 2. The molecule has 3 N–H and O–H groups in total. The Morgan fingerprint density at radius 3 is 2.94 bits per heavy atom. The fraction of sp³-hybridized carbons (Fsp3) is 0.500. The highest BCUT2D eigenvalue weighted by Gasteiger charge is 2.34. The van der Waals surface area contributed by atoms with Gasteiger partial charge in [0, 0.05) is 17.8 Å². The van der Waals surface area contributed by atoms with Crippen molar-refractivity contribution in [3.63, 3.8) is 0 Å². The predicted molar refractivity (Wildman–Crippen MR) is 71.3 cm³/mol. The van der Waals surface area contributed by atoms with Crippen LogP contribution in [-0.4, -0.2) is 35.1 Å². The zero-order chi connectivity index (χ0) is 13.3. The number of nitrogen functional groups attached to an aromatic ring is 1. The molecule has 0 saturated carbocycles. The van der Waals surface area contributed by atoms with Crippen LogP contribution in [0.5, 0.6) is 0 Å². The van der Waals surface area contributed by atoms with Crippen LogP contribution in [0, 0.1) is 12.8 Å². The Kier molecular flexibility index (Phi) is 3.57. The number of nitrogens with zero attached hydrogens (tertiary/aromatic N) is 1. The van der Waals surface area contributed by atoms with Crippen LogP contribution in [0.2, 0.25) is 0 Å². The van der Waals surface area contributed by atoms with Gasteiger partial charge in [0.2, 0.25) is 0 Å². The second-order valence-electron chi connectivity index (χ2n) is 5.09. The zero-order valence-electron chi connectivity index (χ0n) is 10.9. The molecule has 4 nitrogen and oxygen atoms in total. The van der Waals surface area contributed by atoms with Gasteiger partial charge in [-0.1, -0.05) is 13.0 Å². The third-order valence-electron chi connectivity index (χ3n) is 3.82. The summed E-state index contributed by atoms with van der Waals surface area (Å²) in [5, 5.41) is 9.41. The number of carbonyl (C=O) groups is 1. The molecule has 18 heavy (non-hydrogen) atoms. The van der Waals surface area contributed by atoms with E-state index in [9.17, 15) is 9.90 Å². The lowest BCUT2D eigenvalue weighted by atomic mass is 10.0. The van der Waals surface area contributed by atoms with Gasteiger partial charge in [0.05, 0.1) is 12.6 Å². The summed E-state index contributed by atoms with van der Waals surface area (Å²) in [6.07, 6.45) is 0.943. The number of anilines is 1. The van der Waals surface area contributed by atoms with Crippen molar-refractivity contribution < 1.29 is 9.90 Å². The summed E-state index contributed by atoms with van der Waals surface area (Å²) < 4.78 is 0. The van der Waals surface area contributed by atoms with Gasteiger partial charge < -0.3 is 15.7 Å². The minimum Gasteiger partial charge on any atom is -0.399 e. The van der Waals surface area contributed by atoms with E-state index >= 15 is 0 Å². The fourth-order valence-electron chi connectivity index (χ4n) is 2.56. The Morgan fingerprint density at radius 1 is 1.56 bits per heavy atom. The molecular formula is C14H20N2O2. The summed E-state index contributed by atoms with van der Waals surface area (Å²) in [5.74, 6) is 0.323. The standard InChI is InChI=1S/C14H20N2O2/c1-9-3-4-11(15)7-12(9)14(18)16-6-5-10(2)13(16)8-17/h3-4,7,10,13,17H,5-6,8,15H2,1-2H3. The molecule has 1 fully saturated rings. The molecule has 1 amide bonds. The number of aliphatic hydroxyl groups is 1. The van der Waals surface area contributed by atoms with E-state index in [2.05, 4.69) is 6.92 Å². The third kappa shape index (κ3) is 2.20. The second-order valence-corrected chi connectivity index (χ2v) is 5.09. The van der Waals surface area contributed by atoms with Crippen molar-refractivity contribution in [2.24, 2.45) is 5.92 Å². The highest BCUT2D eigenvalue weighted by molar-refractivity contribution is 5.96. The maximum atomic E-state index is 12.5. The van der Waals surface area contributed by atoms with Crippen LogP contribution >= 0.6 is 0 Å². The summed E-state index contributed by atoms with van der Waals surface area (Å²) in [7, 11) is 0. The average molecular weight is 248 g/mol. The van der Waals surface area contributed by atoms with Crippen LogP contribution in [0.3, 0.4) is 0 Å². The van der Waals surface area contributed by atoms with Crippen molar-refractivity contribution in [2.75, 3.05) is 18.9 Å². The van der Waals surface area contributed by atoms with Gasteiger partial charge in [-0.25, -0.2) is 0 Å². The van der Waals surface area contributed by atoms with Gasteiger partial charge in [-0.2, -0.15) is 0 Å². The summed E-state index contributed by atoms with van der Waals surface area (Å²) in [6, 6.07) is 5.30. The largest absolute Gasteiger partial charge is 0.399 e. The Bertz CT molecular complexity index is 459. The van der Waals surface area contributed by atoms with E-state index in [1.807, 2.05) is 13.0 Å². The molecule has 2 unspecified atom stereocenters. The summed E-state index contributed by atoms with van der Waals surface area (Å²) in [6.45, 7) is 4.70. The van der Waals surface area contributed by atoms with Crippen molar-refractivity contribution in [2.45, 2.75) is 26.3 Å². The highest BCUT2D eigenvalue weighted by Crippen LogP contribution is 2.26. The van der Waals surface area contributed by atoms with Gasteiger partial charge in [-0.05, 0) is 37.0 Å². The van der Waals surface area contributed by atoms with Crippen molar-refractivity contribution in [3.8, 4) is 0 Å². The van der Waals surface area contributed by atoms with E-state index in [1.165, 1.54) is 0 Å². The molecule has 98 valence electrons. The Labute approximate surface area is 107 Å². The van der Waals surface area contributed by atoms with Crippen LogP contribution in [0.25, 0.3) is 0 Å². The maximum absolute atomic E-state index is 12.5. The third-order valence-corrected chi connectivity index (χ3v) is 3.82.